The smallest absolute Gasteiger partial charge is 0 e. The van der Waals surface area contributed by atoms with Gasteiger partial charge in [0.1, 0.15) is 0 Å². The summed E-state index contributed by atoms with van der Waals surface area (Å²) in [6, 6.07) is 0. The number of hydrogen-bond donors (Lipinski definition) is 1. The second-order valence-electron chi connectivity index (χ2n) is 3.15. The minimum Gasteiger partial charge on any atom is -0.540 e. The third kappa shape index (κ3) is 5.18. The fourth-order valence-electron chi connectivity index (χ4n) is 0.768. The first-order chi connectivity index (χ1) is 5.04. The van der Waals surface area contributed by atoms with Gasteiger partial charge in [-0.2, -0.15) is 0 Å². The van der Waals surface area contributed by atoms with Crippen LogP contribution in [0.15, 0.2) is 12.7 Å². The van der Waals surface area contributed by atoms with E-state index in [0.717, 1.165) is 12.8 Å². The van der Waals surface area contributed by atoms with Crippen LogP contribution in [0.3, 0.4) is 0 Å². The van der Waals surface area contributed by atoms with Crippen molar-refractivity contribution in [1.29, 1.82) is 0 Å². The first kappa shape index (κ1) is 15.0. The van der Waals surface area contributed by atoms with Gasteiger partial charge in [0.25, 0.3) is 0 Å². The molecule has 0 aromatic heterocycles. The molecule has 0 rings (SSSR count). The van der Waals surface area contributed by atoms with Gasteiger partial charge in [0.15, 0.2) is 0 Å². The Morgan fingerprint density at radius 1 is 1.75 bits per heavy atom. The zero-order valence-corrected chi connectivity index (χ0v) is 10.7. The fourth-order valence-corrected chi connectivity index (χ4v) is 0.768. The van der Waals surface area contributed by atoms with Crippen molar-refractivity contribution in [2.24, 2.45) is 11.7 Å². The third-order valence-electron chi connectivity index (χ3n) is 2.05. The number of rotatable bonds is 5. The second kappa shape index (κ2) is 6.93. The van der Waals surface area contributed by atoms with Crippen LogP contribution in [0.2, 0.25) is 0 Å². The van der Waals surface area contributed by atoms with Crippen LogP contribution in [-0.2, 0) is 37.5 Å². The summed E-state index contributed by atoms with van der Waals surface area (Å²) in [7, 11) is 0. The van der Waals surface area contributed by atoms with Crippen molar-refractivity contribution in [2.45, 2.75) is 32.2 Å². The first-order valence-electron chi connectivity index (χ1n) is 3.83. The Kier molecular flexibility index (Phi) is 8.65. The molecule has 0 aromatic rings. The van der Waals surface area contributed by atoms with E-state index >= 15 is 0 Å². The van der Waals surface area contributed by atoms with Crippen molar-refractivity contribution >= 4 is 6.29 Å². The summed E-state index contributed by atoms with van der Waals surface area (Å²) in [6.45, 7) is 7.26. The Morgan fingerprint density at radius 3 is 2.58 bits per heavy atom. The Bertz CT molecular complexity index is 145. The molecule has 0 amide bonds. The van der Waals surface area contributed by atoms with Crippen molar-refractivity contribution in [3.05, 3.63) is 12.7 Å². The van der Waals surface area contributed by atoms with Crippen molar-refractivity contribution < 1.29 is 37.5 Å². The normalized spacial score (nSPS) is 16.9. The minimum absolute atomic E-state index is 0. The molecule has 0 spiro atoms. The Labute approximate surface area is 99.9 Å². The van der Waals surface area contributed by atoms with Gasteiger partial charge in [0.2, 0.25) is 0 Å². The van der Waals surface area contributed by atoms with E-state index < -0.39 is 5.54 Å². The number of hydrogen-bond acceptors (Lipinski definition) is 2. The molecule has 0 aliphatic rings. The van der Waals surface area contributed by atoms with E-state index in [1.54, 1.807) is 6.92 Å². The summed E-state index contributed by atoms with van der Waals surface area (Å²) in [6.07, 6.45) is 5.47. The molecule has 0 aliphatic heterocycles. The molecule has 1 radical (unpaired) electrons. The van der Waals surface area contributed by atoms with E-state index in [9.17, 15) is 4.79 Å². The van der Waals surface area contributed by atoms with Crippen LogP contribution in [0.4, 0.5) is 0 Å². The maximum atomic E-state index is 10.4. The summed E-state index contributed by atoms with van der Waals surface area (Å²) >= 11 is 0. The van der Waals surface area contributed by atoms with Gasteiger partial charge in [-0.3, -0.25) is 0 Å². The zero-order valence-electron chi connectivity index (χ0n) is 7.84. The Morgan fingerprint density at radius 2 is 2.25 bits per heavy atom. The van der Waals surface area contributed by atoms with Crippen molar-refractivity contribution in [3.63, 3.8) is 0 Å². The molecule has 0 heterocycles. The molecule has 0 fully saturated rings. The SMILES string of the molecule is C=CCCC(C)C(C)(N)[C-]=O.[Y]. The van der Waals surface area contributed by atoms with Crippen molar-refractivity contribution in [3.8, 4) is 0 Å². The van der Waals surface area contributed by atoms with E-state index in [1.165, 1.54) is 0 Å². The topological polar surface area (TPSA) is 43.1 Å². The van der Waals surface area contributed by atoms with Crippen molar-refractivity contribution in [2.75, 3.05) is 0 Å². The van der Waals surface area contributed by atoms with Gasteiger partial charge in [-0.25, -0.2) is 6.29 Å². The first-order valence-corrected chi connectivity index (χ1v) is 3.83. The van der Waals surface area contributed by atoms with Crippen molar-refractivity contribution in [1.82, 2.24) is 0 Å². The van der Waals surface area contributed by atoms with E-state index in [-0.39, 0.29) is 38.6 Å². The predicted molar refractivity (Wildman–Crippen MR) is 46.9 cm³/mol. The molecule has 0 saturated carbocycles. The molecule has 2 nitrogen and oxygen atoms in total. The average Bonchev–Trinajstić information content (AvgIpc) is 2.00. The van der Waals surface area contributed by atoms with Crippen LogP contribution < -0.4 is 5.73 Å². The van der Waals surface area contributed by atoms with Crippen LogP contribution in [0.25, 0.3) is 0 Å². The van der Waals surface area contributed by atoms with Gasteiger partial charge in [-0.1, -0.05) is 31.4 Å². The monoisotopic (exact) mass is 243 g/mol. The number of carbonyl (C=O) groups excluding carboxylic acids is 1. The third-order valence-corrected chi connectivity index (χ3v) is 2.05. The standard InChI is InChI=1S/C9H16NO.Y/c1-4-5-6-8(2)9(3,10)7-11;/h4,8H,1,5-6,10H2,2-3H3;/q-1;. The van der Waals surface area contributed by atoms with E-state index in [0.29, 0.717) is 0 Å². The Hall–Kier alpha value is 0.474. The molecule has 0 aromatic carbocycles. The summed E-state index contributed by atoms with van der Waals surface area (Å²) in [5.74, 6) is 0.165. The average molecular weight is 243 g/mol. The summed E-state index contributed by atoms with van der Waals surface area (Å²) in [5, 5.41) is 0. The van der Waals surface area contributed by atoms with Gasteiger partial charge in [0.05, 0.1) is 0 Å². The summed E-state index contributed by atoms with van der Waals surface area (Å²) in [5.41, 5.74) is 4.84. The Balaban J connectivity index is 0. The van der Waals surface area contributed by atoms with Gasteiger partial charge in [-0.05, 0) is 12.8 Å². The molecule has 0 aliphatic carbocycles. The molecular formula is C9H16NOY-. The summed E-state index contributed by atoms with van der Waals surface area (Å²) < 4.78 is 0. The van der Waals surface area contributed by atoms with Crippen LogP contribution in [0.5, 0.6) is 0 Å². The molecule has 67 valence electrons. The van der Waals surface area contributed by atoms with Crippen LogP contribution in [-0.4, -0.2) is 11.8 Å². The maximum absolute atomic E-state index is 10.4. The van der Waals surface area contributed by atoms with E-state index in [4.69, 9.17) is 5.73 Å². The van der Waals surface area contributed by atoms with E-state index in [2.05, 4.69) is 6.58 Å². The molecule has 3 heteroatoms. The summed E-state index contributed by atoms with van der Waals surface area (Å²) in [4.78, 5) is 10.4. The molecule has 2 atom stereocenters. The molecule has 12 heavy (non-hydrogen) atoms. The molecular weight excluding hydrogens is 227 g/mol. The van der Waals surface area contributed by atoms with Gasteiger partial charge in [0, 0.05) is 32.7 Å². The van der Waals surface area contributed by atoms with E-state index in [1.807, 2.05) is 19.3 Å². The van der Waals surface area contributed by atoms with Crippen LogP contribution >= 0.6 is 0 Å². The predicted octanol–water partition coefficient (Wildman–Crippen LogP) is 1.41. The molecule has 0 bridgehead atoms. The largest absolute Gasteiger partial charge is 0.540 e. The fraction of sp³-hybridized carbons (Fsp3) is 0.667. The number of nitrogens with two attached hydrogens (primary N) is 1. The second-order valence-corrected chi connectivity index (χ2v) is 3.15. The zero-order chi connectivity index (χ0) is 8.91. The maximum Gasteiger partial charge on any atom is 0 e. The molecule has 2 N–H and O–H groups in total. The molecule has 0 saturated heterocycles. The van der Waals surface area contributed by atoms with Gasteiger partial charge >= 0.3 is 0 Å². The van der Waals surface area contributed by atoms with Crippen LogP contribution in [0.1, 0.15) is 26.7 Å². The molecule has 2 unspecified atom stereocenters. The number of allylic oxidation sites excluding steroid dienone is 1. The van der Waals surface area contributed by atoms with Gasteiger partial charge in [-0.15, -0.1) is 6.58 Å². The quantitative estimate of drug-likeness (QED) is 0.586. The van der Waals surface area contributed by atoms with Gasteiger partial charge < -0.3 is 10.5 Å². The van der Waals surface area contributed by atoms with Crippen LogP contribution in [0, 0.1) is 5.92 Å². The minimum atomic E-state index is -0.803.